The maximum Gasteiger partial charge on any atom is 0.410 e. The molecule has 0 N–H and O–H groups in total. The third-order valence-corrected chi connectivity index (χ3v) is 8.97. The van der Waals surface area contributed by atoms with Crippen molar-refractivity contribution in [3.8, 4) is 5.75 Å². The average Bonchev–Trinajstić information content (AvgIpc) is 3.51. The van der Waals surface area contributed by atoms with Gasteiger partial charge in [-0.05, 0) is 78.0 Å². The van der Waals surface area contributed by atoms with Gasteiger partial charge in [0.15, 0.2) is 0 Å². The standard InChI is InChI=1S/C35H55N3O7/c1-8-25-10-11-26(18-31(25)44-16-9-15-42-7)32(39)37(24(2)3)21-28-19-36(34(41)45-35(4,5)6)20-29(28)22-38(30-12-13-30)33(40)27-14-17-43-23-27/h10-11,18,24,27-30H,8-9,12-17,19-23H2,1-7H3/t27?,28-,29-/m0/s1. The van der Waals surface area contributed by atoms with E-state index in [-0.39, 0.29) is 47.7 Å². The first kappa shape index (κ1) is 35.0. The Hall–Kier alpha value is -2.85. The zero-order valence-corrected chi connectivity index (χ0v) is 28.5. The number of rotatable bonds is 14. The van der Waals surface area contributed by atoms with Gasteiger partial charge in [-0.2, -0.15) is 0 Å². The molecule has 0 radical (unpaired) electrons. The molecule has 2 saturated heterocycles. The van der Waals surface area contributed by atoms with Crippen molar-refractivity contribution in [1.82, 2.24) is 14.7 Å². The molecular weight excluding hydrogens is 574 g/mol. The third-order valence-electron chi connectivity index (χ3n) is 8.97. The number of hydrogen-bond donors (Lipinski definition) is 0. The monoisotopic (exact) mass is 629 g/mol. The van der Waals surface area contributed by atoms with Crippen molar-refractivity contribution in [2.75, 3.05) is 59.7 Å². The van der Waals surface area contributed by atoms with Gasteiger partial charge >= 0.3 is 6.09 Å². The van der Waals surface area contributed by atoms with E-state index >= 15 is 0 Å². The molecule has 3 fully saturated rings. The number of aryl methyl sites for hydroxylation is 1. The lowest BCUT2D eigenvalue weighted by Gasteiger charge is -2.34. The Morgan fingerprint density at radius 2 is 1.76 bits per heavy atom. The van der Waals surface area contributed by atoms with Crippen LogP contribution in [0.3, 0.4) is 0 Å². The number of likely N-dealkylation sites (tertiary alicyclic amines) is 1. The van der Waals surface area contributed by atoms with Crippen LogP contribution in [0.1, 0.15) is 83.1 Å². The van der Waals surface area contributed by atoms with Crippen molar-refractivity contribution in [2.24, 2.45) is 17.8 Å². The van der Waals surface area contributed by atoms with Gasteiger partial charge in [0.25, 0.3) is 5.91 Å². The van der Waals surface area contributed by atoms with Crippen LogP contribution in [0.5, 0.6) is 5.75 Å². The van der Waals surface area contributed by atoms with Gasteiger partial charge in [-0.3, -0.25) is 9.59 Å². The number of nitrogens with zero attached hydrogens (tertiary/aromatic N) is 3. The maximum absolute atomic E-state index is 14.1. The van der Waals surface area contributed by atoms with Crippen LogP contribution in [-0.2, 0) is 25.4 Å². The molecule has 10 nitrogen and oxygen atoms in total. The zero-order valence-electron chi connectivity index (χ0n) is 28.5. The van der Waals surface area contributed by atoms with Crippen LogP contribution in [-0.4, -0.2) is 110 Å². The number of amides is 3. The van der Waals surface area contributed by atoms with Gasteiger partial charge < -0.3 is 33.6 Å². The predicted octanol–water partition coefficient (Wildman–Crippen LogP) is 5.03. The van der Waals surface area contributed by atoms with E-state index in [9.17, 15) is 14.4 Å². The van der Waals surface area contributed by atoms with Gasteiger partial charge in [-0.15, -0.1) is 0 Å². The van der Waals surface area contributed by atoms with E-state index in [1.807, 2.05) is 62.6 Å². The van der Waals surface area contributed by atoms with E-state index in [4.69, 9.17) is 18.9 Å². The number of hydrogen-bond acceptors (Lipinski definition) is 7. The molecule has 0 spiro atoms. The molecule has 2 heterocycles. The van der Waals surface area contributed by atoms with Crippen LogP contribution >= 0.6 is 0 Å². The molecule has 1 aliphatic carbocycles. The van der Waals surface area contributed by atoms with Crippen LogP contribution in [0.2, 0.25) is 0 Å². The van der Waals surface area contributed by atoms with E-state index in [0.717, 1.165) is 43.4 Å². The van der Waals surface area contributed by atoms with Crippen molar-refractivity contribution in [2.45, 2.75) is 91.3 Å². The first-order chi connectivity index (χ1) is 21.4. The number of ether oxygens (including phenoxy) is 4. The summed E-state index contributed by atoms with van der Waals surface area (Å²) in [4.78, 5) is 46.6. The largest absolute Gasteiger partial charge is 0.493 e. The molecule has 45 heavy (non-hydrogen) atoms. The van der Waals surface area contributed by atoms with E-state index in [1.165, 1.54) is 0 Å². The van der Waals surface area contributed by atoms with Crippen molar-refractivity contribution < 1.29 is 33.3 Å². The van der Waals surface area contributed by atoms with E-state index in [1.54, 1.807) is 12.0 Å². The molecule has 1 aromatic rings. The van der Waals surface area contributed by atoms with Gasteiger partial charge in [0.2, 0.25) is 5.91 Å². The van der Waals surface area contributed by atoms with Crippen molar-refractivity contribution >= 4 is 17.9 Å². The molecule has 3 aliphatic rings. The van der Waals surface area contributed by atoms with Crippen LogP contribution in [0.4, 0.5) is 4.79 Å². The highest BCUT2D eigenvalue weighted by Gasteiger charge is 2.44. The summed E-state index contributed by atoms with van der Waals surface area (Å²) in [6, 6.07) is 5.90. The Kier molecular flexibility index (Phi) is 12.2. The molecule has 1 aromatic carbocycles. The quantitative estimate of drug-likeness (QED) is 0.267. The highest BCUT2D eigenvalue weighted by molar-refractivity contribution is 5.95. The summed E-state index contributed by atoms with van der Waals surface area (Å²) >= 11 is 0. The Labute approximate surface area is 269 Å². The van der Waals surface area contributed by atoms with E-state index in [2.05, 4.69) is 6.92 Å². The van der Waals surface area contributed by atoms with Crippen LogP contribution in [0, 0.1) is 17.8 Å². The van der Waals surface area contributed by atoms with Gasteiger partial charge in [-0.1, -0.05) is 13.0 Å². The third kappa shape index (κ3) is 9.58. The van der Waals surface area contributed by atoms with Crippen LogP contribution in [0.15, 0.2) is 18.2 Å². The fourth-order valence-corrected chi connectivity index (χ4v) is 6.30. The van der Waals surface area contributed by atoms with Crippen molar-refractivity contribution in [3.63, 3.8) is 0 Å². The lowest BCUT2D eigenvalue weighted by atomic mass is 9.93. The summed E-state index contributed by atoms with van der Waals surface area (Å²) in [6.07, 6.45) is 3.98. The predicted molar refractivity (Wildman–Crippen MR) is 172 cm³/mol. The number of methoxy groups -OCH3 is 1. The highest BCUT2D eigenvalue weighted by Crippen LogP contribution is 2.35. The van der Waals surface area contributed by atoms with Crippen molar-refractivity contribution in [1.29, 1.82) is 0 Å². The molecule has 252 valence electrons. The molecule has 0 bridgehead atoms. The number of carbonyl (C=O) groups is 3. The van der Waals surface area contributed by atoms with Crippen LogP contribution in [0.25, 0.3) is 0 Å². The number of benzene rings is 1. The molecular formula is C35H55N3O7. The average molecular weight is 630 g/mol. The Morgan fingerprint density at radius 1 is 1.04 bits per heavy atom. The van der Waals surface area contributed by atoms with Gasteiger partial charge in [0, 0.05) is 82.4 Å². The fourth-order valence-electron chi connectivity index (χ4n) is 6.30. The van der Waals surface area contributed by atoms with Gasteiger partial charge in [0.05, 0.1) is 19.1 Å². The molecule has 3 amide bonds. The second kappa shape index (κ2) is 15.6. The summed E-state index contributed by atoms with van der Waals surface area (Å²) < 4.78 is 22.5. The molecule has 2 aliphatic heterocycles. The Balaban J connectivity index is 1.55. The smallest absolute Gasteiger partial charge is 0.410 e. The van der Waals surface area contributed by atoms with Crippen LogP contribution < -0.4 is 4.74 Å². The van der Waals surface area contributed by atoms with Gasteiger partial charge in [-0.25, -0.2) is 4.79 Å². The van der Waals surface area contributed by atoms with E-state index < -0.39 is 5.60 Å². The summed E-state index contributed by atoms with van der Waals surface area (Å²) in [6.45, 7) is 15.9. The zero-order chi connectivity index (χ0) is 32.7. The minimum absolute atomic E-state index is 0.0144. The minimum atomic E-state index is -0.614. The van der Waals surface area contributed by atoms with E-state index in [0.29, 0.717) is 58.2 Å². The first-order valence-corrected chi connectivity index (χ1v) is 16.8. The summed E-state index contributed by atoms with van der Waals surface area (Å²) in [5, 5.41) is 0. The number of carbonyl (C=O) groups excluding carboxylic acids is 3. The molecule has 1 unspecified atom stereocenters. The minimum Gasteiger partial charge on any atom is -0.493 e. The second-order valence-electron chi connectivity index (χ2n) is 14.1. The molecule has 10 heteroatoms. The second-order valence-corrected chi connectivity index (χ2v) is 14.1. The SMILES string of the molecule is CCc1ccc(C(=O)N(C[C@@H]2CN(C(=O)OC(C)(C)C)C[C@H]2CN(C(=O)C2CCOC2)C2CC2)C(C)C)cc1OCCCOC. The summed E-state index contributed by atoms with van der Waals surface area (Å²) in [5.41, 5.74) is 1.02. The fraction of sp³-hybridized carbons (Fsp3) is 0.743. The highest BCUT2D eigenvalue weighted by atomic mass is 16.6. The lowest BCUT2D eigenvalue weighted by molar-refractivity contribution is -0.137. The summed E-state index contributed by atoms with van der Waals surface area (Å²) in [7, 11) is 1.67. The lowest BCUT2D eigenvalue weighted by Crippen LogP contribution is -2.46. The normalized spacial score (nSPS) is 21.7. The van der Waals surface area contributed by atoms with Gasteiger partial charge in [0.1, 0.15) is 11.4 Å². The molecule has 1 saturated carbocycles. The summed E-state index contributed by atoms with van der Waals surface area (Å²) in [5.74, 6) is 0.723. The topological polar surface area (TPSA) is 97.9 Å². The molecule has 0 aromatic heterocycles. The first-order valence-electron chi connectivity index (χ1n) is 16.8. The Bertz CT molecular complexity index is 1160. The molecule has 4 rings (SSSR count). The molecule has 3 atom stereocenters. The van der Waals surface area contributed by atoms with Crippen molar-refractivity contribution in [3.05, 3.63) is 29.3 Å². The Morgan fingerprint density at radius 3 is 2.33 bits per heavy atom. The maximum atomic E-state index is 14.1.